The Labute approximate surface area is 141 Å². The van der Waals surface area contributed by atoms with Gasteiger partial charge in [-0.05, 0) is 30.2 Å². The number of Topliss-reactive ketones (excluding diaryl/α,β-unsaturated/α-hetero) is 1. The molecule has 1 fully saturated rings. The van der Waals surface area contributed by atoms with E-state index in [-0.39, 0.29) is 6.42 Å². The molecule has 2 rings (SSSR count). The van der Waals surface area contributed by atoms with Crippen molar-refractivity contribution in [3.05, 3.63) is 40.4 Å². The van der Waals surface area contributed by atoms with E-state index in [0.717, 1.165) is 10.5 Å². The molecule has 1 aliphatic rings. The molecule has 6 heteroatoms. The zero-order valence-electron chi connectivity index (χ0n) is 12.7. The Morgan fingerprint density at radius 3 is 2.78 bits per heavy atom. The second-order valence-electron chi connectivity index (χ2n) is 5.72. The van der Waals surface area contributed by atoms with Crippen LogP contribution in [0.1, 0.15) is 38.2 Å². The quantitative estimate of drug-likeness (QED) is 0.695. The molecule has 1 saturated heterocycles. The first-order chi connectivity index (χ1) is 10.8. The molecule has 1 unspecified atom stereocenters. The van der Waals surface area contributed by atoms with Gasteiger partial charge in [-0.25, -0.2) is 0 Å². The fourth-order valence-electron chi connectivity index (χ4n) is 2.68. The van der Waals surface area contributed by atoms with Crippen molar-refractivity contribution in [2.75, 3.05) is 0 Å². The minimum Gasteiger partial charge on any atom is -0.357 e. The number of alkyl halides is 3. The Kier molecular flexibility index (Phi) is 5.68. The van der Waals surface area contributed by atoms with Crippen molar-refractivity contribution in [3.8, 4) is 0 Å². The van der Waals surface area contributed by atoms with Gasteiger partial charge in [0.2, 0.25) is 0 Å². The molecular weight excluding hydrogens is 373 g/mol. The summed E-state index contributed by atoms with van der Waals surface area (Å²) in [6, 6.07) is 6.92. The Morgan fingerprint density at radius 1 is 1.43 bits per heavy atom. The van der Waals surface area contributed by atoms with Gasteiger partial charge in [-0.2, -0.15) is 13.2 Å². The number of rotatable bonds is 4. The number of benzene rings is 1. The standard InChI is InChI=1S/C17H18BrF3O2/c1-2-4-15-10-14(22)11-16(23-15,17(19,20)21)8-7-12-5-3-6-13(18)9-12/h3,5-9,15H,2,4,10-11H2,1H3/b8-7+/t15-,16?/m1/s1. The lowest BCUT2D eigenvalue weighted by Crippen LogP contribution is -2.53. The zero-order chi connectivity index (χ0) is 17.1. The summed E-state index contributed by atoms with van der Waals surface area (Å²) in [4.78, 5) is 11.9. The molecule has 2 atom stereocenters. The number of hydrogen-bond acceptors (Lipinski definition) is 2. The molecule has 0 bridgehead atoms. The topological polar surface area (TPSA) is 26.3 Å². The summed E-state index contributed by atoms with van der Waals surface area (Å²) in [7, 11) is 0. The second-order valence-corrected chi connectivity index (χ2v) is 6.64. The molecule has 0 radical (unpaired) electrons. The van der Waals surface area contributed by atoms with Gasteiger partial charge in [0.25, 0.3) is 0 Å². The maximum atomic E-state index is 13.6. The highest BCUT2D eigenvalue weighted by Gasteiger charge is 2.58. The van der Waals surface area contributed by atoms with Crippen LogP contribution < -0.4 is 0 Å². The summed E-state index contributed by atoms with van der Waals surface area (Å²) in [6.45, 7) is 1.86. The maximum absolute atomic E-state index is 13.6. The number of carbonyl (C=O) groups excluding carboxylic acids is 1. The van der Waals surface area contributed by atoms with Crippen molar-refractivity contribution in [3.63, 3.8) is 0 Å². The van der Waals surface area contributed by atoms with Crippen LogP contribution in [0.2, 0.25) is 0 Å². The van der Waals surface area contributed by atoms with E-state index in [2.05, 4.69) is 15.9 Å². The van der Waals surface area contributed by atoms with Crippen molar-refractivity contribution in [1.29, 1.82) is 0 Å². The first kappa shape index (κ1) is 18.2. The van der Waals surface area contributed by atoms with E-state index in [4.69, 9.17) is 4.74 Å². The lowest BCUT2D eigenvalue weighted by atomic mass is 9.88. The van der Waals surface area contributed by atoms with Gasteiger partial charge in [0.15, 0.2) is 5.60 Å². The van der Waals surface area contributed by atoms with Crippen LogP contribution in [0.3, 0.4) is 0 Å². The van der Waals surface area contributed by atoms with Crippen LogP contribution in [-0.4, -0.2) is 23.7 Å². The van der Waals surface area contributed by atoms with Gasteiger partial charge in [-0.15, -0.1) is 0 Å². The summed E-state index contributed by atoms with van der Waals surface area (Å²) < 4.78 is 47.0. The highest BCUT2D eigenvalue weighted by Crippen LogP contribution is 2.43. The summed E-state index contributed by atoms with van der Waals surface area (Å²) in [5.74, 6) is -0.411. The number of hydrogen-bond donors (Lipinski definition) is 0. The largest absolute Gasteiger partial charge is 0.421 e. The third-order valence-electron chi connectivity index (χ3n) is 3.78. The Balaban J connectivity index is 2.34. The van der Waals surface area contributed by atoms with Crippen molar-refractivity contribution < 1.29 is 22.7 Å². The predicted octanol–water partition coefficient (Wildman–Crippen LogP) is 5.31. The van der Waals surface area contributed by atoms with E-state index in [0.29, 0.717) is 18.4 Å². The van der Waals surface area contributed by atoms with Crippen molar-refractivity contribution >= 4 is 27.8 Å². The van der Waals surface area contributed by atoms with Gasteiger partial charge in [-0.1, -0.05) is 47.5 Å². The zero-order valence-corrected chi connectivity index (χ0v) is 14.3. The Hall–Kier alpha value is -1.14. The van der Waals surface area contributed by atoms with Gasteiger partial charge in [0, 0.05) is 17.3 Å². The lowest BCUT2D eigenvalue weighted by Gasteiger charge is -2.39. The molecule has 0 amide bonds. The smallest absolute Gasteiger partial charge is 0.357 e. The minimum absolute atomic E-state index is 0.0520. The van der Waals surface area contributed by atoms with E-state index in [1.54, 1.807) is 24.3 Å². The maximum Gasteiger partial charge on any atom is 0.421 e. The molecule has 1 aromatic carbocycles. The summed E-state index contributed by atoms with van der Waals surface area (Å²) in [5.41, 5.74) is -1.93. The average Bonchev–Trinajstić information content (AvgIpc) is 2.44. The Bertz CT molecular complexity index is 598. The third-order valence-corrected chi connectivity index (χ3v) is 4.27. The normalized spacial score (nSPS) is 26.0. The molecule has 0 saturated carbocycles. The number of carbonyl (C=O) groups is 1. The SMILES string of the molecule is CCC[C@@H]1CC(=O)CC(/C=C/c2cccc(Br)c2)(C(F)(F)F)O1. The third kappa shape index (κ3) is 4.44. The number of ether oxygens (including phenoxy) is 1. The first-order valence-corrected chi connectivity index (χ1v) is 8.26. The fourth-order valence-corrected chi connectivity index (χ4v) is 3.10. The summed E-state index contributed by atoms with van der Waals surface area (Å²) in [5, 5.41) is 0. The molecule has 126 valence electrons. The van der Waals surface area contributed by atoms with E-state index >= 15 is 0 Å². The minimum atomic E-state index is -4.64. The van der Waals surface area contributed by atoms with Gasteiger partial charge >= 0.3 is 6.18 Å². The fraction of sp³-hybridized carbons (Fsp3) is 0.471. The van der Waals surface area contributed by atoms with E-state index < -0.39 is 30.1 Å². The van der Waals surface area contributed by atoms with E-state index in [1.807, 2.05) is 6.92 Å². The molecule has 2 nitrogen and oxygen atoms in total. The number of halogens is 4. The summed E-state index contributed by atoms with van der Waals surface area (Å²) in [6.07, 6.45) is -2.49. The van der Waals surface area contributed by atoms with Crippen LogP contribution in [0.15, 0.2) is 34.8 Å². The van der Waals surface area contributed by atoms with Crippen LogP contribution in [0.4, 0.5) is 13.2 Å². The van der Waals surface area contributed by atoms with Crippen LogP contribution in [0, 0.1) is 0 Å². The van der Waals surface area contributed by atoms with Crippen LogP contribution >= 0.6 is 15.9 Å². The summed E-state index contributed by atoms with van der Waals surface area (Å²) >= 11 is 3.28. The highest BCUT2D eigenvalue weighted by molar-refractivity contribution is 9.10. The molecule has 1 aromatic rings. The Morgan fingerprint density at radius 2 is 2.17 bits per heavy atom. The molecule has 0 spiro atoms. The van der Waals surface area contributed by atoms with Crippen molar-refractivity contribution in [1.82, 2.24) is 0 Å². The molecule has 0 aromatic heterocycles. The molecule has 1 aliphatic heterocycles. The molecule has 0 aliphatic carbocycles. The van der Waals surface area contributed by atoms with Gasteiger partial charge in [0.1, 0.15) is 5.78 Å². The average molecular weight is 391 g/mol. The monoisotopic (exact) mass is 390 g/mol. The first-order valence-electron chi connectivity index (χ1n) is 7.47. The van der Waals surface area contributed by atoms with E-state index in [1.165, 1.54) is 6.08 Å². The van der Waals surface area contributed by atoms with E-state index in [9.17, 15) is 18.0 Å². The van der Waals surface area contributed by atoms with Gasteiger partial charge in [0.05, 0.1) is 6.10 Å². The highest BCUT2D eigenvalue weighted by atomic mass is 79.9. The van der Waals surface area contributed by atoms with Gasteiger partial charge in [-0.3, -0.25) is 4.79 Å². The van der Waals surface area contributed by atoms with Crippen LogP contribution in [0.25, 0.3) is 6.08 Å². The van der Waals surface area contributed by atoms with Crippen LogP contribution in [0.5, 0.6) is 0 Å². The molecule has 23 heavy (non-hydrogen) atoms. The number of ketones is 1. The molecule has 0 N–H and O–H groups in total. The lowest BCUT2D eigenvalue weighted by molar-refractivity contribution is -0.278. The van der Waals surface area contributed by atoms with Gasteiger partial charge < -0.3 is 4.74 Å². The molecule has 1 heterocycles. The predicted molar refractivity (Wildman–Crippen MR) is 86.0 cm³/mol. The van der Waals surface area contributed by atoms with Crippen LogP contribution in [-0.2, 0) is 9.53 Å². The second kappa shape index (κ2) is 7.18. The van der Waals surface area contributed by atoms with Crippen molar-refractivity contribution in [2.45, 2.75) is 50.5 Å². The van der Waals surface area contributed by atoms with Crippen molar-refractivity contribution in [2.24, 2.45) is 0 Å². The molecular formula is C17H18BrF3O2.